The molecule has 0 aliphatic carbocycles. The quantitative estimate of drug-likeness (QED) is 0.147. The van der Waals surface area contributed by atoms with Crippen LogP contribution in [0.1, 0.15) is 20.1 Å². The third kappa shape index (κ3) is 5.72. The van der Waals surface area contributed by atoms with Gasteiger partial charge < -0.3 is 30.2 Å². The lowest BCUT2D eigenvalue weighted by Gasteiger charge is -2.25. The molecule has 1 aromatic carbocycles. The third-order valence-electron chi connectivity index (χ3n) is 5.96. The number of carbonyl (C=O) groups is 1. The molecule has 0 spiro atoms. The van der Waals surface area contributed by atoms with Gasteiger partial charge in [-0.1, -0.05) is 24.1 Å². The molecule has 214 valence electrons. The molecule has 0 unspecified atom stereocenters. The van der Waals surface area contributed by atoms with E-state index < -0.39 is 50.5 Å². The molecule has 1 saturated heterocycles. The second kappa shape index (κ2) is 11.7. The van der Waals surface area contributed by atoms with Crippen molar-refractivity contribution < 1.29 is 37.4 Å². The molecule has 0 amide bonds. The van der Waals surface area contributed by atoms with Crippen LogP contribution in [0.3, 0.4) is 0 Å². The number of aliphatic hydroxyl groups excluding tert-OH is 1. The number of nitrogen functional groups attached to an aromatic ring is 1. The number of esters is 1. The van der Waals surface area contributed by atoms with Crippen LogP contribution >= 0.6 is 7.75 Å². The van der Waals surface area contributed by atoms with Crippen LogP contribution < -0.4 is 20.7 Å². The molecular weight excluding hydrogens is 548 g/mol. The number of nitrogens with zero attached hydrogens (tertiary/aromatic N) is 4. The number of benzene rings is 1. The van der Waals surface area contributed by atoms with E-state index in [9.17, 15) is 14.5 Å². The minimum Gasteiger partial charge on any atom is -0.465 e. The molecule has 3 heterocycles. The van der Waals surface area contributed by atoms with Crippen molar-refractivity contribution in [1.29, 1.82) is 0 Å². The van der Waals surface area contributed by atoms with Crippen LogP contribution in [-0.4, -0.2) is 74.8 Å². The van der Waals surface area contributed by atoms with Crippen molar-refractivity contribution >= 4 is 36.6 Å². The Morgan fingerprint density at radius 1 is 1.40 bits per heavy atom. The number of anilines is 2. The highest BCUT2D eigenvalue weighted by Crippen LogP contribution is 2.48. The number of imidazole rings is 1. The lowest BCUT2D eigenvalue weighted by molar-refractivity contribution is -0.144. The maximum Gasteiger partial charge on any atom is 0.459 e. The number of rotatable bonds is 11. The van der Waals surface area contributed by atoms with Gasteiger partial charge in [0.15, 0.2) is 23.2 Å². The average Bonchev–Trinajstić information content (AvgIpc) is 3.46. The van der Waals surface area contributed by atoms with Crippen molar-refractivity contribution in [2.24, 2.45) is 0 Å². The predicted molar refractivity (Wildman–Crippen MR) is 142 cm³/mol. The summed E-state index contributed by atoms with van der Waals surface area (Å²) < 4.78 is 52.8. The summed E-state index contributed by atoms with van der Waals surface area (Å²) in [5.74, 6) is 1.57. The molecule has 0 radical (unpaired) electrons. The van der Waals surface area contributed by atoms with Crippen LogP contribution in [0.2, 0.25) is 0 Å². The molecule has 2 aromatic heterocycles. The largest absolute Gasteiger partial charge is 0.465 e. The van der Waals surface area contributed by atoms with E-state index in [1.54, 1.807) is 32.2 Å². The monoisotopic (exact) mass is 577 g/mol. The maximum absolute atomic E-state index is 16.1. The Bertz CT molecular complexity index is 1450. The van der Waals surface area contributed by atoms with Gasteiger partial charge in [0.05, 0.1) is 19.5 Å². The van der Waals surface area contributed by atoms with E-state index >= 15 is 4.39 Å². The summed E-state index contributed by atoms with van der Waals surface area (Å²) in [6.45, 7) is 2.47. The number of aromatic nitrogens is 4. The highest BCUT2D eigenvalue weighted by Gasteiger charge is 2.58. The van der Waals surface area contributed by atoms with E-state index in [0.29, 0.717) is 0 Å². The number of halogens is 1. The number of nitrogens with two attached hydrogens (primary N) is 1. The summed E-state index contributed by atoms with van der Waals surface area (Å²) in [5.41, 5.74) is 3.36. The summed E-state index contributed by atoms with van der Waals surface area (Å²) in [6.07, 6.45) is 1.74. The number of ether oxygens (including phenoxy) is 2. The van der Waals surface area contributed by atoms with Gasteiger partial charge in [-0.25, -0.2) is 13.9 Å². The van der Waals surface area contributed by atoms with E-state index in [1.807, 2.05) is 5.92 Å². The summed E-state index contributed by atoms with van der Waals surface area (Å²) in [4.78, 5) is 24.5. The molecule has 1 aliphatic rings. The lowest BCUT2D eigenvalue weighted by Crippen LogP contribution is -2.42. The molecule has 40 heavy (non-hydrogen) atoms. The van der Waals surface area contributed by atoms with Gasteiger partial charge in [-0.05, 0) is 26.0 Å². The van der Waals surface area contributed by atoms with Gasteiger partial charge in [0.1, 0.15) is 24.0 Å². The van der Waals surface area contributed by atoms with Crippen molar-refractivity contribution in [2.75, 3.05) is 31.3 Å². The Balaban J connectivity index is 1.60. The zero-order valence-electron chi connectivity index (χ0n) is 21.9. The minimum absolute atomic E-state index is 0.0934. The lowest BCUT2D eigenvalue weighted by atomic mass is 9.97. The van der Waals surface area contributed by atoms with Gasteiger partial charge in [-0.2, -0.15) is 15.1 Å². The normalized spacial score (nSPS) is 24.6. The van der Waals surface area contributed by atoms with Crippen LogP contribution in [0.15, 0.2) is 36.7 Å². The van der Waals surface area contributed by atoms with E-state index in [0.717, 1.165) is 0 Å². The zero-order valence-corrected chi connectivity index (χ0v) is 22.7. The fourth-order valence-corrected chi connectivity index (χ4v) is 5.53. The second-order valence-corrected chi connectivity index (χ2v) is 10.4. The number of alkyl halides is 1. The number of terminal acetylenes is 1. The summed E-state index contributed by atoms with van der Waals surface area (Å²) >= 11 is 0. The SMILES string of the molecule is C#C[C@@]1(F)[C@H](O)[C@@H](CO[P@@](=O)(N[C@H](C)C(=O)OCC)Oc2ccccc2)O[C@H]1n1cnc2c(NC)nc(N)nc21. The Hall–Kier alpha value is -3.80. The minimum atomic E-state index is -4.32. The third-order valence-corrected chi connectivity index (χ3v) is 7.61. The van der Waals surface area contributed by atoms with Crippen molar-refractivity contribution in [3.05, 3.63) is 36.7 Å². The molecule has 5 N–H and O–H groups in total. The molecule has 1 aliphatic heterocycles. The van der Waals surface area contributed by atoms with E-state index in [-0.39, 0.29) is 35.3 Å². The van der Waals surface area contributed by atoms with Crippen molar-refractivity contribution in [2.45, 2.75) is 44.0 Å². The molecule has 16 heteroatoms. The van der Waals surface area contributed by atoms with E-state index in [1.165, 1.54) is 30.0 Å². The number of hydrogen-bond donors (Lipinski definition) is 4. The summed E-state index contributed by atoms with van der Waals surface area (Å²) in [7, 11) is -2.73. The van der Waals surface area contributed by atoms with Gasteiger partial charge >= 0.3 is 13.7 Å². The first-order chi connectivity index (χ1) is 19.0. The van der Waals surface area contributed by atoms with Gasteiger partial charge in [-0.15, -0.1) is 6.42 Å². The Morgan fingerprint density at radius 2 is 2.12 bits per heavy atom. The molecule has 3 aromatic rings. The molecule has 14 nitrogen and oxygen atoms in total. The smallest absolute Gasteiger partial charge is 0.459 e. The fourth-order valence-electron chi connectivity index (χ4n) is 4.03. The molecule has 4 rings (SSSR count). The number of para-hydroxylation sites is 1. The summed E-state index contributed by atoms with van der Waals surface area (Å²) in [6, 6.07) is 6.93. The number of nitrogens with one attached hydrogen (secondary N) is 2. The first kappa shape index (κ1) is 29.2. The first-order valence-electron chi connectivity index (χ1n) is 12.2. The predicted octanol–water partition coefficient (Wildman–Crippen LogP) is 1.79. The van der Waals surface area contributed by atoms with Crippen LogP contribution in [0.4, 0.5) is 16.2 Å². The van der Waals surface area contributed by atoms with Gasteiger partial charge in [0, 0.05) is 7.05 Å². The number of carbonyl (C=O) groups excluding carboxylic acids is 1. The zero-order chi connectivity index (χ0) is 29.1. The molecule has 1 fully saturated rings. The maximum atomic E-state index is 16.1. The Labute approximate surface area is 229 Å². The van der Waals surface area contributed by atoms with Crippen LogP contribution in [0, 0.1) is 12.3 Å². The average molecular weight is 578 g/mol. The highest BCUT2D eigenvalue weighted by atomic mass is 31.2. The number of aliphatic hydroxyl groups is 1. The van der Waals surface area contributed by atoms with Crippen molar-refractivity contribution in [3.8, 4) is 18.1 Å². The van der Waals surface area contributed by atoms with Gasteiger partial charge in [0.25, 0.3) is 0 Å². The first-order valence-corrected chi connectivity index (χ1v) is 13.7. The topological polar surface area (TPSA) is 185 Å². The van der Waals surface area contributed by atoms with Crippen LogP contribution in [-0.2, 0) is 23.4 Å². The van der Waals surface area contributed by atoms with Crippen molar-refractivity contribution in [1.82, 2.24) is 24.6 Å². The molecule has 0 bridgehead atoms. The van der Waals surface area contributed by atoms with Crippen molar-refractivity contribution in [3.63, 3.8) is 0 Å². The molecular formula is C24H29FN7O7P. The highest BCUT2D eigenvalue weighted by molar-refractivity contribution is 7.52. The van der Waals surface area contributed by atoms with Gasteiger partial charge in [-0.3, -0.25) is 13.9 Å². The molecule has 6 atom stereocenters. The molecule has 0 saturated carbocycles. The summed E-state index contributed by atoms with van der Waals surface area (Å²) in [5, 5.41) is 16.2. The Kier molecular flexibility index (Phi) is 8.57. The number of hydrogen-bond acceptors (Lipinski definition) is 12. The van der Waals surface area contributed by atoms with Crippen LogP contribution in [0.25, 0.3) is 11.2 Å². The standard InChI is InChI=1S/C24H29FN7O7P/c1-5-24(25)18(33)16(38-22(24)32-13-28-17-19(27-4)29-23(26)30-20(17)32)12-37-40(35,31-14(3)21(34)36-6-2)39-15-10-8-7-9-11-15/h1,7-11,13-14,16,18,22,33H,6,12H2,2-4H3,(H,31,35)(H3,26,27,29,30)/t14-,16-,18-,22-,24-,40+/m1/s1. The fraction of sp³-hybridized carbons (Fsp3) is 0.417. The van der Waals surface area contributed by atoms with Crippen LogP contribution in [0.5, 0.6) is 5.75 Å². The number of fused-ring (bicyclic) bond motifs is 1. The van der Waals surface area contributed by atoms with E-state index in [2.05, 4.69) is 25.4 Å². The van der Waals surface area contributed by atoms with Gasteiger partial charge in [0.2, 0.25) is 11.6 Å². The van der Waals surface area contributed by atoms with E-state index in [4.69, 9.17) is 30.7 Å². The second-order valence-electron chi connectivity index (χ2n) is 8.69. The Morgan fingerprint density at radius 3 is 2.77 bits per heavy atom.